The number of carbonyl (C=O) groups excluding carboxylic acids is 4. The smallest absolute Gasteiger partial charge is 0.275 e. The van der Waals surface area contributed by atoms with E-state index in [0.29, 0.717) is 10.6 Å². The molecule has 2 aromatic carbocycles. The third kappa shape index (κ3) is 3.88. The number of rotatable bonds is 5. The van der Waals surface area contributed by atoms with Gasteiger partial charge in [-0.05, 0) is 43.4 Å². The predicted octanol–water partition coefficient (Wildman–Crippen LogP) is 5.40. The number of halogens is 4. The van der Waals surface area contributed by atoms with E-state index < -0.39 is 41.4 Å². The van der Waals surface area contributed by atoms with Crippen LogP contribution in [0.4, 0.5) is 0 Å². The number of imide groups is 1. The second-order valence-electron chi connectivity index (χ2n) is 9.17. The molecule has 0 spiro atoms. The van der Waals surface area contributed by atoms with Crippen molar-refractivity contribution < 1.29 is 19.2 Å². The van der Waals surface area contributed by atoms with Crippen molar-refractivity contribution in [1.82, 2.24) is 10.0 Å². The number of ketones is 1. The van der Waals surface area contributed by atoms with Crippen molar-refractivity contribution in [3.63, 3.8) is 0 Å². The summed E-state index contributed by atoms with van der Waals surface area (Å²) in [6, 6.07) is 11.6. The molecule has 2 saturated carbocycles. The first kappa shape index (κ1) is 24.9. The van der Waals surface area contributed by atoms with Gasteiger partial charge in [-0.2, -0.15) is 5.01 Å². The average Bonchev–Trinajstić information content (AvgIpc) is 3.45. The van der Waals surface area contributed by atoms with Gasteiger partial charge in [0, 0.05) is 20.2 Å². The van der Waals surface area contributed by atoms with E-state index in [1.807, 2.05) is 0 Å². The van der Waals surface area contributed by atoms with Gasteiger partial charge in [0.05, 0.1) is 22.4 Å². The van der Waals surface area contributed by atoms with E-state index in [2.05, 4.69) is 31.9 Å². The van der Waals surface area contributed by atoms with E-state index in [-0.39, 0.29) is 32.1 Å². The van der Waals surface area contributed by atoms with Crippen LogP contribution in [-0.2, 0) is 9.59 Å². The first-order valence-electron chi connectivity index (χ1n) is 11.2. The van der Waals surface area contributed by atoms with Gasteiger partial charge in [-0.3, -0.25) is 19.2 Å². The third-order valence-corrected chi connectivity index (χ3v) is 11.1. The summed E-state index contributed by atoms with van der Waals surface area (Å²) < 4.78 is 0. The van der Waals surface area contributed by atoms with Crippen LogP contribution >= 0.6 is 55.1 Å². The van der Waals surface area contributed by atoms with Gasteiger partial charge in [0.15, 0.2) is 5.78 Å². The summed E-state index contributed by atoms with van der Waals surface area (Å²) >= 11 is 19.7. The highest BCUT2D eigenvalue weighted by Crippen LogP contribution is 2.60. The van der Waals surface area contributed by atoms with E-state index in [9.17, 15) is 19.2 Å². The second-order valence-corrected chi connectivity index (χ2v) is 12.1. The van der Waals surface area contributed by atoms with Crippen molar-refractivity contribution in [1.29, 1.82) is 0 Å². The summed E-state index contributed by atoms with van der Waals surface area (Å²) in [5.41, 5.74) is 0.404. The minimum absolute atomic E-state index is 0.0352. The lowest BCUT2D eigenvalue weighted by atomic mass is 9.81. The first-order valence-corrected chi connectivity index (χ1v) is 13.8. The number of hydrazine groups is 1. The Morgan fingerprint density at radius 1 is 0.971 bits per heavy atom. The molecular weight excluding hydrogens is 623 g/mol. The predicted molar refractivity (Wildman–Crippen MR) is 139 cm³/mol. The van der Waals surface area contributed by atoms with E-state index in [0.717, 1.165) is 16.4 Å². The maximum atomic E-state index is 13.8. The lowest BCUT2D eigenvalue weighted by molar-refractivity contribution is -0.157. The molecule has 35 heavy (non-hydrogen) atoms. The minimum Gasteiger partial charge on any atom is -0.292 e. The SMILES string of the molecule is C[C@H](C(=O)c1ccccc1)N(C(=O)c1ccc(Cl)cc1Cl)N1C(=O)[C@@H]2[C@H]3C[C@@H]([C@H](Br)[C@H]3Br)[C@H]2C1=O. The molecule has 6 nitrogen and oxygen atoms in total. The summed E-state index contributed by atoms with van der Waals surface area (Å²) in [6.45, 7) is 1.51. The van der Waals surface area contributed by atoms with Crippen molar-refractivity contribution in [2.75, 3.05) is 0 Å². The fourth-order valence-electron chi connectivity index (χ4n) is 5.73. The summed E-state index contributed by atoms with van der Waals surface area (Å²) in [4.78, 5) is 54.8. The number of nitrogens with zero attached hydrogens (tertiary/aromatic N) is 2. The molecule has 0 radical (unpaired) electrons. The van der Waals surface area contributed by atoms with Gasteiger partial charge in [-0.25, -0.2) is 5.01 Å². The molecule has 1 saturated heterocycles. The highest BCUT2D eigenvalue weighted by molar-refractivity contribution is 9.12. The molecule has 182 valence electrons. The molecule has 0 aromatic heterocycles. The van der Waals surface area contributed by atoms with Crippen molar-refractivity contribution in [2.24, 2.45) is 23.7 Å². The van der Waals surface area contributed by atoms with Crippen LogP contribution in [-0.4, -0.2) is 49.2 Å². The quantitative estimate of drug-likeness (QED) is 0.249. The number of Topliss-reactive ketones (excluding diaryl/α,β-unsaturated/α-hetero) is 1. The molecular formula is C25H20Br2Cl2N2O4. The molecule has 10 heteroatoms. The van der Waals surface area contributed by atoms with Gasteiger partial charge >= 0.3 is 0 Å². The lowest BCUT2D eigenvalue weighted by Crippen LogP contribution is -2.57. The zero-order valence-corrected chi connectivity index (χ0v) is 23.1. The van der Waals surface area contributed by atoms with Gasteiger partial charge in [0.25, 0.3) is 17.7 Å². The first-order chi connectivity index (χ1) is 16.6. The summed E-state index contributed by atoms with van der Waals surface area (Å²) in [6.07, 6.45) is 0.752. The summed E-state index contributed by atoms with van der Waals surface area (Å²) in [7, 11) is 0. The molecule has 2 aromatic rings. The molecule has 0 N–H and O–H groups in total. The van der Waals surface area contributed by atoms with Crippen LogP contribution in [0.2, 0.25) is 10.0 Å². The number of benzene rings is 2. The second kappa shape index (κ2) is 9.29. The Hall–Kier alpha value is -1.74. The molecule has 0 unspecified atom stereocenters. The van der Waals surface area contributed by atoms with Crippen LogP contribution in [0.25, 0.3) is 0 Å². The fraction of sp³-hybridized carbons (Fsp3) is 0.360. The Balaban J connectivity index is 1.57. The molecule has 5 rings (SSSR count). The van der Waals surface area contributed by atoms with Crippen molar-refractivity contribution in [2.45, 2.75) is 29.0 Å². The normalized spacial score (nSPS) is 29.9. The number of alkyl halides is 2. The summed E-state index contributed by atoms with van der Waals surface area (Å²) in [5.74, 6) is -3.19. The zero-order chi connectivity index (χ0) is 25.2. The number of hydrogen-bond donors (Lipinski definition) is 0. The minimum atomic E-state index is -1.14. The average molecular weight is 643 g/mol. The van der Waals surface area contributed by atoms with Gasteiger partial charge < -0.3 is 0 Å². The molecule has 2 bridgehead atoms. The number of fused-ring (bicyclic) bond motifs is 5. The highest BCUT2D eigenvalue weighted by atomic mass is 79.9. The number of carbonyl (C=O) groups is 4. The zero-order valence-electron chi connectivity index (χ0n) is 18.4. The topological polar surface area (TPSA) is 74.8 Å². The van der Waals surface area contributed by atoms with Crippen LogP contribution in [0.15, 0.2) is 48.5 Å². The third-order valence-electron chi connectivity index (χ3n) is 7.35. The van der Waals surface area contributed by atoms with Crippen molar-refractivity contribution in [3.05, 3.63) is 69.7 Å². The maximum absolute atomic E-state index is 13.8. The Morgan fingerprint density at radius 3 is 2.09 bits per heavy atom. The van der Waals surface area contributed by atoms with Crippen LogP contribution in [0.3, 0.4) is 0 Å². The Bertz CT molecular complexity index is 1210. The monoisotopic (exact) mass is 640 g/mol. The molecule has 3 amide bonds. The van der Waals surface area contributed by atoms with Gasteiger partial charge in [0.2, 0.25) is 0 Å². The lowest BCUT2D eigenvalue weighted by Gasteiger charge is -2.35. The van der Waals surface area contributed by atoms with E-state index >= 15 is 0 Å². The van der Waals surface area contributed by atoms with Crippen LogP contribution in [0.5, 0.6) is 0 Å². The van der Waals surface area contributed by atoms with Crippen LogP contribution < -0.4 is 0 Å². The summed E-state index contributed by atoms with van der Waals surface area (Å²) in [5, 5.41) is 2.28. The Morgan fingerprint density at radius 2 is 1.54 bits per heavy atom. The highest BCUT2D eigenvalue weighted by Gasteiger charge is 2.68. The Kier molecular flexibility index (Phi) is 6.62. The maximum Gasteiger partial charge on any atom is 0.275 e. The van der Waals surface area contributed by atoms with Crippen molar-refractivity contribution >= 4 is 78.6 Å². The Labute approximate surface area is 229 Å². The van der Waals surface area contributed by atoms with Gasteiger partial charge in [-0.1, -0.05) is 85.4 Å². The van der Waals surface area contributed by atoms with Crippen LogP contribution in [0, 0.1) is 23.7 Å². The molecule has 3 fully saturated rings. The van der Waals surface area contributed by atoms with E-state index in [1.165, 1.54) is 25.1 Å². The molecule has 3 aliphatic rings. The van der Waals surface area contributed by atoms with E-state index in [1.54, 1.807) is 30.3 Å². The molecule has 7 atom stereocenters. The largest absolute Gasteiger partial charge is 0.292 e. The number of hydrogen-bond acceptors (Lipinski definition) is 4. The van der Waals surface area contributed by atoms with Crippen LogP contribution in [0.1, 0.15) is 34.1 Å². The van der Waals surface area contributed by atoms with E-state index in [4.69, 9.17) is 23.2 Å². The fourth-order valence-corrected chi connectivity index (χ4v) is 8.09. The van der Waals surface area contributed by atoms with Crippen molar-refractivity contribution in [3.8, 4) is 0 Å². The number of amides is 3. The van der Waals surface area contributed by atoms with Gasteiger partial charge in [0.1, 0.15) is 6.04 Å². The van der Waals surface area contributed by atoms with Gasteiger partial charge in [-0.15, -0.1) is 0 Å². The molecule has 1 heterocycles. The molecule has 2 aliphatic carbocycles. The standard InChI is InChI=1S/C25H20Br2Cl2N2O4/c1-11(22(32)12-5-3-2-4-6-12)30(23(33)14-8-7-13(28)9-17(14)29)31-24(34)18-15-10-16(19(18)25(31)35)21(27)20(15)26/h2-9,11,15-16,18-21H,10H2,1H3/t11-,15-,16-,18-,19-,20+,21+/m1/s1. The molecule has 1 aliphatic heterocycles.